The van der Waals surface area contributed by atoms with E-state index >= 15 is 0 Å². The number of hydrogen-bond donors (Lipinski definition) is 0. The molecule has 0 spiro atoms. The van der Waals surface area contributed by atoms with Gasteiger partial charge in [-0.3, -0.25) is 4.98 Å². The first-order chi connectivity index (χ1) is 11.3. The van der Waals surface area contributed by atoms with Crippen molar-refractivity contribution in [2.75, 3.05) is 0 Å². The molecule has 0 amide bonds. The van der Waals surface area contributed by atoms with Gasteiger partial charge in [-0.05, 0) is 23.8 Å². The van der Waals surface area contributed by atoms with Gasteiger partial charge in [0.1, 0.15) is 11.9 Å². The molecule has 3 atom stereocenters. The highest BCUT2D eigenvalue weighted by Crippen LogP contribution is 2.48. The van der Waals surface area contributed by atoms with Crippen LogP contribution in [0.3, 0.4) is 0 Å². The molecule has 0 radical (unpaired) electrons. The Labute approximate surface area is 136 Å². The quantitative estimate of drug-likeness (QED) is 0.665. The molecule has 3 aromatic rings. The predicted molar refractivity (Wildman–Crippen MR) is 91.5 cm³/mol. The lowest BCUT2D eigenvalue weighted by Crippen LogP contribution is -2.29. The van der Waals surface area contributed by atoms with E-state index in [2.05, 4.69) is 66.5 Å². The van der Waals surface area contributed by atoms with Crippen molar-refractivity contribution in [3.63, 3.8) is 0 Å². The summed E-state index contributed by atoms with van der Waals surface area (Å²) in [5, 5.41) is 0. The van der Waals surface area contributed by atoms with E-state index < -0.39 is 0 Å². The maximum atomic E-state index is 6.32. The maximum Gasteiger partial charge on any atom is 0.144 e. The van der Waals surface area contributed by atoms with Gasteiger partial charge in [-0.2, -0.15) is 0 Å². The van der Waals surface area contributed by atoms with E-state index in [0.29, 0.717) is 11.8 Å². The normalized spacial score (nSPS) is 22.9. The van der Waals surface area contributed by atoms with Gasteiger partial charge in [-0.15, -0.1) is 0 Å². The van der Waals surface area contributed by atoms with Crippen molar-refractivity contribution >= 4 is 0 Å². The molecule has 4 rings (SSSR count). The number of benzene rings is 2. The average molecular weight is 301 g/mol. The Morgan fingerprint density at radius 2 is 1.57 bits per heavy atom. The van der Waals surface area contributed by atoms with Crippen LogP contribution in [0.15, 0.2) is 79.0 Å². The highest BCUT2D eigenvalue weighted by molar-refractivity contribution is 5.45. The van der Waals surface area contributed by atoms with Gasteiger partial charge in [0.2, 0.25) is 0 Å². The van der Waals surface area contributed by atoms with Crippen molar-refractivity contribution in [3.8, 4) is 5.75 Å². The molecule has 2 aromatic carbocycles. The second kappa shape index (κ2) is 5.88. The molecule has 1 aliphatic rings. The fourth-order valence-electron chi connectivity index (χ4n) is 3.56. The SMILES string of the molecule is C[C@@H]1[C@@H](c2ccccc2)c2ccccc2O[C@@H]1c1ccccn1. The van der Waals surface area contributed by atoms with Gasteiger partial charge in [-0.25, -0.2) is 0 Å². The Bertz CT molecular complexity index is 785. The fraction of sp³-hybridized carbons (Fsp3) is 0.190. The number of fused-ring (bicyclic) bond motifs is 1. The molecular weight excluding hydrogens is 282 g/mol. The minimum absolute atomic E-state index is 0.0312. The standard InChI is InChI=1S/C21H19NO/c1-15-20(16-9-3-2-4-10-16)17-11-5-6-13-19(17)23-21(15)18-12-7-8-14-22-18/h2-15,20-21H,1H3/t15-,20+,21+/m1/s1. The number of aromatic nitrogens is 1. The van der Waals surface area contributed by atoms with Crippen LogP contribution in [0.2, 0.25) is 0 Å². The van der Waals surface area contributed by atoms with Gasteiger partial charge in [0, 0.05) is 23.6 Å². The minimum atomic E-state index is -0.0312. The zero-order valence-corrected chi connectivity index (χ0v) is 13.1. The molecule has 1 aliphatic heterocycles. The number of rotatable bonds is 2. The third-order valence-corrected chi connectivity index (χ3v) is 4.65. The first kappa shape index (κ1) is 14.0. The van der Waals surface area contributed by atoms with Gasteiger partial charge < -0.3 is 4.74 Å². The highest BCUT2D eigenvalue weighted by Gasteiger charge is 2.37. The van der Waals surface area contributed by atoms with Crippen LogP contribution in [0.5, 0.6) is 5.75 Å². The van der Waals surface area contributed by atoms with Crippen molar-refractivity contribution in [1.82, 2.24) is 4.98 Å². The third-order valence-electron chi connectivity index (χ3n) is 4.65. The predicted octanol–water partition coefficient (Wildman–Crippen LogP) is 4.98. The summed E-state index contributed by atoms with van der Waals surface area (Å²) in [6, 6.07) is 25.1. The van der Waals surface area contributed by atoms with Crippen LogP contribution in [-0.4, -0.2) is 4.98 Å². The average Bonchev–Trinajstić information content (AvgIpc) is 2.63. The third kappa shape index (κ3) is 2.50. The van der Waals surface area contributed by atoms with Crippen LogP contribution in [0.1, 0.15) is 35.8 Å². The summed E-state index contributed by atoms with van der Waals surface area (Å²) in [5.74, 6) is 1.59. The van der Waals surface area contributed by atoms with Crippen molar-refractivity contribution < 1.29 is 4.74 Å². The first-order valence-corrected chi connectivity index (χ1v) is 8.06. The van der Waals surface area contributed by atoms with E-state index in [1.807, 2.05) is 24.4 Å². The summed E-state index contributed by atoms with van der Waals surface area (Å²) >= 11 is 0. The minimum Gasteiger partial charge on any atom is -0.484 e. The van der Waals surface area contributed by atoms with Crippen LogP contribution in [0.25, 0.3) is 0 Å². The molecule has 0 aliphatic carbocycles. The number of pyridine rings is 1. The van der Waals surface area contributed by atoms with Crippen molar-refractivity contribution in [2.24, 2.45) is 5.92 Å². The van der Waals surface area contributed by atoms with Gasteiger partial charge >= 0.3 is 0 Å². The van der Waals surface area contributed by atoms with E-state index in [9.17, 15) is 0 Å². The Kier molecular flexibility index (Phi) is 3.58. The molecule has 114 valence electrons. The van der Waals surface area contributed by atoms with Gasteiger partial charge in [0.05, 0.1) is 5.69 Å². The number of ether oxygens (including phenoxy) is 1. The van der Waals surface area contributed by atoms with Crippen LogP contribution in [-0.2, 0) is 0 Å². The van der Waals surface area contributed by atoms with Gasteiger partial charge in [0.25, 0.3) is 0 Å². The van der Waals surface area contributed by atoms with E-state index in [1.165, 1.54) is 11.1 Å². The summed E-state index contributed by atoms with van der Waals surface area (Å²) in [6.07, 6.45) is 1.81. The summed E-state index contributed by atoms with van der Waals surface area (Å²) in [6.45, 7) is 2.26. The molecule has 0 saturated heterocycles. The first-order valence-electron chi connectivity index (χ1n) is 8.06. The molecule has 0 unspecified atom stereocenters. The molecule has 2 heteroatoms. The van der Waals surface area contributed by atoms with Crippen LogP contribution in [0.4, 0.5) is 0 Å². The summed E-state index contributed by atoms with van der Waals surface area (Å²) in [4.78, 5) is 4.53. The lowest BCUT2D eigenvalue weighted by Gasteiger charge is -2.38. The van der Waals surface area contributed by atoms with Crippen LogP contribution in [0, 0.1) is 5.92 Å². The maximum absolute atomic E-state index is 6.32. The molecule has 2 nitrogen and oxygen atoms in total. The monoisotopic (exact) mass is 301 g/mol. The fourth-order valence-corrected chi connectivity index (χ4v) is 3.56. The zero-order valence-electron chi connectivity index (χ0n) is 13.1. The Morgan fingerprint density at radius 3 is 2.35 bits per heavy atom. The largest absolute Gasteiger partial charge is 0.484 e. The number of hydrogen-bond acceptors (Lipinski definition) is 2. The van der Waals surface area contributed by atoms with E-state index in [1.54, 1.807) is 0 Å². The number of nitrogens with zero attached hydrogens (tertiary/aromatic N) is 1. The Morgan fingerprint density at radius 1 is 0.826 bits per heavy atom. The van der Waals surface area contributed by atoms with E-state index in [-0.39, 0.29) is 6.10 Å². The topological polar surface area (TPSA) is 22.1 Å². The summed E-state index contributed by atoms with van der Waals surface area (Å²) < 4.78 is 6.32. The highest BCUT2D eigenvalue weighted by atomic mass is 16.5. The smallest absolute Gasteiger partial charge is 0.144 e. The molecule has 2 heterocycles. The molecule has 23 heavy (non-hydrogen) atoms. The summed E-state index contributed by atoms with van der Waals surface area (Å²) in [5.41, 5.74) is 3.59. The molecule has 0 N–H and O–H groups in total. The van der Waals surface area contributed by atoms with E-state index in [4.69, 9.17) is 4.74 Å². The summed E-state index contributed by atoms with van der Waals surface area (Å²) in [7, 11) is 0. The molecule has 0 bridgehead atoms. The lowest BCUT2D eigenvalue weighted by molar-refractivity contribution is 0.107. The van der Waals surface area contributed by atoms with Crippen LogP contribution < -0.4 is 4.74 Å². The molecule has 0 saturated carbocycles. The van der Waals surface area contributed by atoms with Gasteiger partial charge in [0.15, 0.2) is 0 Å². The van der Waals surface area contributed by atoms with E-state index in [0.717, 1.165) is 11.4 Å². The van der Waals surface area contributed by atoms with Crippen molar-refractivity contribution in [3.05, 3.63) is 95.8 Å². The second-order valence-corrected chi connectivity index (χ2v) is 6.08. The Balaban J connectivity index is 1.83. The van der Waals surface area contributed by atoms with Crippen molar-refractivity contribution in [2.45, 2.75) is 18.9 Å². The Hall–Kier alpha value is -2.61. The van der Waals surface area contributed by atoms with Gasteiger partial charge in [-0.1, -0.05) is 61.5 Å². The molecular formula is C21H19NO. The zero-order chi connectivity index (χ0) is 15.6. The van der Waals surface area contributed by atoms with Crippen molar-refractivity contribution in [1.29, 1.82) is 0 Å². The second-order valence-electron chi connectivity index (χ2n) is 6.08. The van der Waals surface area contributed by atoms with Crippen LogP contribution >= 0.6 is 0 Å². The lowest BCUT2D eigenvalue weighted by atomic mass is 9.76. The number of para-hydroxylation sites is 1. The molecule has 0 fully saturated rings. The molecule has 1 aromatic heterocycles.